The summed E-state index contributed by atoms with van der Waals surface area (Å²) in [6.45, 7) is 20.8. The molecule has 2 heterocycles. The zero-order valence-corrected chi connectivity index (χ0v) is 38.5. The van der Waals surface area contributed by atoms with Crippen molar-refractivity contribution in [1.29, 1.82) is 0 Å². The summed E-state index contributed by atoms with van der Waals surface area (Å²) in [6, 6.07) is 3.96. The van der Waals surface area contributed by atoms with Crippen molar-refractivity contribution in [1.82, 2.24) is 9.13 Å². The van der Waals surface area contributed by atoms with Gasteiger partial charge in [0.2, 0.25) is 0 Å². The van der Waals surface area contributed by atoms with Crippen LogP contribution in [0.5, 0.6) is 0 Å². The fourth-order valence-electron chi connectivity index (χ4n) is 14.0. The van der Waals surface area contributed by atoms with E-state index in [9.17, 15) is 0 Å². The van der Waals surface area contributed by atoms with Gasteiger partial charge in [0.25, 0.3) is 0 Å². The molecule has 6 saturated carbocycles. The molecule has 14 unspecified atom stereocenters. The van der Waals surface area contributed by atoms with E-state index in [1.54, 1.807) is 51.4 Å². The third-order valence-electron chi connectivity index (χ3n) is 15.1. The molecular weight excluding hydrogens is 727 g/mol. The first-order valence-corrected chi connectivity index (χ1v) is 33.1. The van der Waals surface area contributed by atoms with Crippen LogP contribution >= 0.6 is 17.0 Å². The molecule has 6 aliphatic carbocycles. The van der Waals surface area contributed by atoms with Gasteiger partial charge in [-0.15, -0.1) is 0 Å². The zero-order chi connectivity index (χ0) is 32.3. The Morgan fingerprint density at radius 1 is 0.468 bits per heavy atom. The van der Waals surface area contributed by atoms with Crippen molar-refractivity contribution in [2.24, 2.45) is 59.2 Å². The van der Waals surface area contributed by atoms with Gasteiger partial charge >= 0.3 is 37.9 Å². The van der Waals surface area contributed by atoms with Crippen LogP contribution in [-0.4, -0.2) is 49.8 Å². The second-order valence-corrected chi connectivity index (χ2v) is 33.2. The number of nitrogens with zero attached hydrogens (tertiary/aromatic N) is 2. The van der Waals surface area contributed by atoms with Crippen molar-refractivity contribution in [3.63, 3.8) is 0 Å². The first kappa shape index (κ1) is 41.6. The Bertz CT molecular complexity index is 912. The molecule has 0 amide bonds. The van der Waals surface area contributed by atoms with E-state index in [1.165, 1.54) is 51.4 Å². The van der Waals surface area contributed by atoms with Gasteiger partial charge in [-0.25, -0.2) is 0 Å². The molecule has 2 saturated heterocycles. The molecule has 7 heteroatoms. The van der Waals surface area contributed by atoms with Crippen molar-refractivity contribution < 1.29 is 20.8 Å². The van der Waals surface area contributed by atoms with Crippen molar-refractivity contribution >= 4 is 33.5 Å². The quantitative estimate of drug-likeness (QED) is 0.203. The standard InChI is InChI=1S/2C19H35NSi.2CH3.2ClH.Zr/c2*1-13-9-10-18-16(11-13)17-12-14-7-5-6-8-15(14)19(17)20(18)21(2,3)4;;;;;/h2*13-19H,5-12H2,1-4H3;2*1H3;2*1H;/q;;2*-1;;;+4/p-2. The predicted molar refractivity (Wildman–Crippen MR) is 210 cm³/mol. The SMILES string of the molecule is CC1CCC2C(C1)C1CC3CCCCC3C1N2[Si](C)(C)C.CC1CCC2C(C1)C1CC3CCCCC3C1N2[Si](C)(C)C.[CH3-].[CH3-].[Cl][Zr+2][Cl]. The van der Waals surface area contributed by atoms with Gasteiger partial charge in [-0.2, -0.15) is 0 Å². The van der Waals surface area contributed by atoms with Crippen LogP contribution in [0.15, 0.2) is 0 Å². The molecule has 8 rings (SSSR count). The fraction of sp³-hybridized carbons (Fsp3) is 0.950. The maximum atomic E-state index is 4.93. The van der Waals surface area contributed by atoms with Crippen LogP contribution < -0.4 is 0 Å². The summed E-state index contributed by atoms with van der Waals surface area (Å²) in [5.41, 5.74) is 0. The Hall–Kier alpha value is 1.82. The zero-order valence-electron chi connectivity index (χ0n) is 32.5. The summed E-state index contributed by atoms with van der Waals surface area (Å²) < 4.78 is 6.37. The number of hydrogen-bond acceptors (Lipinski definition) is 2. The molecule has 0 N–H and O–H groups in total. The summed E-state index contributed by atoms with van der Waals surface area (Å²) >= 11 is -0.826. The molecule has 2 aliphatic heterocycles. The predicted octanol–water partition coefficient (Wildman–Crippen LogP) is 12.6. The number of rotatable bonds is 2. The second kappa shape index (κ2) is 16.9. The summed E-state index contributed by atoms with van der Waals surface area (Å²) in [5.74, 6) is 10.7. The third kappa shape index (κ3) is 8.32. The molecule has 0 spiro atoms. The van der Waals surface area contributed by atoms with Gasteiger partial charge in [0, 0.05) is 24.2 Å². The van der Waals surface area contributed by atoms with Crippen LogP contribution in [0.1, 0.15) is 117 Å². The van der Waals surface area contributed by atoms with Gasteiger partial charge in [0.1, 0.15) is 16.5 Å². The third-order valence-corrected chi connectivity index (χ3v) is 19.5. The Balaban J connectivity index is 0.000000189. The summed E-state index contributed by atoms with van der Waals surface area (Å²) in [4.78, 5) is 0. The average Bonchev–Trinajstić information content (AvgIpc) is 3.69. The van der Waals surface area contributed by atoms with E-state index in [0.29, 0.717) is 0 Å². The maximum absolute atomic E-state index is 4.93. The van der Waals surface area contributed by atoms with Gasteiger partial charge < -0.3 is 24.0 Å². The Labute approximate surface area is 315 Å². The Morgan fingerprint density at radius 2 is 0.809 bits per heavy atom. The molecule has 0 aromatic rings. The molecule has 14 atom stereocenters. The number of halogens is 2. The Kier molecular flexibility index (Phi) is 14.9. The normalized spacial score (nSPS) is 45.4. The second-order valence-electron chi connectivity index (χ2n) is 19.7. The summed E-state index contributed by atoms with van der Waals surface area (Å²) in [5, 5.41) is 0. The van der Waals surface area contributed by atoms with E-state index in [4.69, 9.17) is 17.0 Å². The van der Waals surface area contributed by atoms with E-state index < -0.39 is 37.3 Å². The molecule has 0 aromatic heterocycles. The molecule has 2 nitrogen and oxygen atoms in total. The average molecular weight is 803 g/mol. The van der Waals surface area contributed by atoms with Crippen molar-refractivity contribution in [2.75, 3.05) is 0 Å². The van der Waals surface area contributed by atoms with Gasteiger partial charge in [-0.1, -0.05) is 91.7 Å². The van der Waals surface area contributed by atoms with Crippen LogP contribution in [0.4, 0.5) is 0 Å². The van der Waals surface area contributed by atoms with Gasteiger partial charge in [0.15, 0.2) is 0 Å². The molecular formula is C40H76Cl2N2Si2Zr. The van der Waals surface area contributed by atoms with E-state index >= 15 is 0 Å². The Morgan fingerprint density at radius 3 is 1.15 bits per heavy atom. The minimum atomic E-state index is -1.18. The first-order chi connectivity index (χ1) is 21.3. The molecule has 0 radical (unpaired) electrons. The molecule has 0 bridgehead atoms. The molecule has 47 heavy (non-hydrogen) atoms. The number of hydrogen-bond donors (Lipinski definition) is 0. The van der Waals surface area contributed by atoms with E-state index in [1.807, 2.05) is 0 Å². The van der Waals surface area contributed by atoms with Crippen LogP contribution in [-0.2, 0) is 20.8 Å². The first-order valence-electron chi connectivity index (χ1n) is 19.9. The van der Waals surface area contributed by atoms with Crippen LogP contribution in [0, 0.1) is 74.0 Å². The van der Waals surface area contributed by atoms with E-state index in [0.717, 1.165) is 83.3 Å². The minimum absolute atomic E-state index is 0. The summed E-state index contributed by atoms with van der Waals surface area (Å²) in [7, 11) is 7.50. The van der Waals surface area contributed by atoms with E-state index in [2.05, 4.69) is 62.3 Å². The van der Waals surface area contributed by atoms with Crippen molar-refractivity contribution in [3.8, 4) is 0 Å². The molecule has 8 aliphatic rings. The van der Waals surface area contributed by atoms with Crippen LogP contribution in [0.25, 0.3) is 0 Å². The van der Waals surface area contributed by atoms with Crippen molar-refractivity contribution in [3.05, 3.63) is 14.9 Å². The molecule has 0 aromatic carbocycles. The fourth-order valence-corrected chi connectivity index (χ4v) is 19.2. The van der Waals surface area contributed by atoms with Crippen LogP contribution in [0.3, 0.4) is 0 Å². The van der Waals surface area contributed by atoms with Crippen LogP contribution in [0.2, 0.25) is 39.3 Å². The van der Waals surface area contributed by atoms with Gasteiger partial charge in [-0.05, 0) is 123 Å². The van der Waals surface area contributed by atoms with Gasteiger partial charge in [-0.3, -0.25) is 0 Å². The molecule has 272 valence electrons. The van der Waals surface area contributed by atoms with Gasteiger partial charge in [0.05, 0.1) is 0 Å². The van der Waals surface area contributed by atoms with Crippen molar-refractivity contribution in [2.45, 2.75) is 180 Å². The number of fused-ring (bicyclic) bond motifs is 10. The summed E-state index contributed by atoms with van der Waals surface area (Å²) in [6.07, 6.45) is 24.7. The van der Waals surface area contributed by atoms with E-state index in [-0.39, 0.29) is 14.9 Å². The topological polar surface area (TPSA) is 6.48 Å². The monoisotopic (exact) mass is 800 g/mol. The molecule has 8 fully saturated rings.